The van der Waals surface area contributed by atoms with Crippen molar-refractivity contribution in [3.05, 3.63) is 62.9 Å². The Morgan fingerprint density at radius 2 is 1.86 bits per heavy atom. The Morgan fingerprint density at radius 1 is 1.09 bits per heavy atom. The average molecular weight is 311 g/mol. The number of benzene rings is 1. The van der Waals surface area contributed by atoms with Gasteiger partial charge in [-0.25, -0.2) is 0 Å². The van der Waals surface area contributed by atoms with Crippen LogP contribution in [-0.4, -0.2) is 18.2 Å². The minimum Gasteiger partial charge on any atom is -0.384 e. The molecule has 0 saturated carbocycles. The molecule has 0 amide bonds. The van der Waals surface area contributed by atoms with E-state index in [-0.39, 0.29) is 0 Å². The van der Waals surface area contributed by atoms with E-state index in [2.05, 4.69) is 41.0 Å². The van der Waals surface area contributed by atoms with Crippen LogP contribution in [0, 0.1) is 0 Å². The highest BCUT2D eigenvalue weighted by Crippen LogP contribution is 2.45. The number of rotatable bonds is 0. The van der Waals surface area contributed by atoms with Crippen LogP contribution in [-0.2, 0) is 12.0 Å². The standard InChI is InChI=1S/C19H21NOS/c1-19(21)12-14-4-2-3-5-15(14)17(13-6-9-20-10-7-13)16-8-11-22-18(16)19/h2-5,8,11,20-21H,6-7,9-10,12H2,1H3. The molecule has 22 heavy (non-hydrogen) atoms. The highest BCUT2D eigenvalue weighted by atomic mass is 32.1. The zero-order valence-corrected chi connectivity index (χ0v) is 13.7. The van der Waals surface area contributed by atoms with E-state index >= 15 is 0 Å². The van der Waals surface area contributed by atoms with E-state index < -0.39 is 5.60 Å². The fourth-order valence-electron chi connectivity index (χ4n) is 3.80. The zero-order valence-electron chi connectivity index (χ0n) is 12.9. The number of thiophene rings is 1. The molecule has 2 N–H and O–H groups in total. The molecule has 1 atom stereocenters. The molecule has 1 saturated heterocycles. The number of aliphatic hydroxyl groups is 1. The van der Waals surface area contributed by atoms with E-state index in [4.69, 9.17) is 0 Å². The third kappa shape index (κ3) is 2.24. The van der Waals surface area contributed by atoms with Crippen LogP contribution in [0.15, 0.2) is 41.3 Å². The van der Waals surface area contributed by atoms with Gasteiger partial charge in [-0.05, 0) is 66.6 Å². The summed E-state index contributed by atoms with van der Waals surface area (Å²) in [6.45, 7) is 4.06. The predicted molar refractivity (Wildman–Crippen MR) is 92.2 cm³/mol. The summed E-state index contributed by atoms with van der Waals surface area (Å²) in [4.78, 5) is 1.12. The Balaban J connectivity index is 2.02. The highest BCUT2D eigenvalue weighted by molar-refractivity contribution is 7.10. The molecule has 2 heterocycles. The Kier molecular flexibility index (Phi) is 3.44. The smallest absolute Gasteiger partial charge is 0.101 e. The molecule has 2 aliphatic rings. The van der Waals surface area contributed by atoms with Gasteiger partial charge in [-0.15, -0.1) is 11.3 Å². The third-order valence-electron chi connectivity index (χ3n) is 4.81. The second kappa shape index (κ2) is 5.34. The van der Waals surface area contributed by atoms with E-state index in [9.17, 15) is 5.11 Å². The minimum absolute atomic E-state index is 0.686. The molecule has 1 aromatic carbocycles. The summed E-state index contributed by atoms with van der Waals surface area (Å²) in [7, 11) is 0. The van der Waals surface area contributed by atoms with Gasteiger partial charge in [0.1, 0.15) is 5.60 Å². The first-order valence-electron chi connectivity index (χ1n) is 7.98. The molecule has 0 radical (unpaired) electrons. The van der Waals surface area contributed by atoms with E-state index in [1.807, 2.05) is 6.92 Å². The fraction of sp³-hybridized carbons (Fsp3) is 0.368. The number of piperidine rings is 1. The maximum Gasteiger partial charge on any atom is 0.101 e. The Bertz CT molecular complexity index is 733. The number of hydrogen-bond donors (Lipinski definition) is 2. The summed E-state index contributed by atoms with van der Waals surface area (Å²) in [5.74, 6) is 0. The lowest BCUT2D eigenvalue weighted by Crippen LogP contribution is -2.24. The van der Waals surface area contributed by atoms with Crippen molar-refractivity contribution in [2.24, 2.45) is 0 Å². The summed E-state index contributed by atoms with van der Waals surface area (Å²) in [5.41, 5.74) is 5.95. The van der Waals surface area contributed by atoms with Crippen LogP contribution >= 0.6 is 11.3 Å². The average Bonchev–Trinajstić information content (AvgIpc) is 2.97. The monoisotopic (exact) mass is 311 g/mol. The first-order chi connectivity index (χ1) is 10.7. The van der Waals surface area contributed by atoms with Crippen LogP contribution in [0.5, 0.6) is 0 Å². The largest absolute Gasteiger partial charge is 0.384 e. The first kappa shape index (κ1) is 14.2. The van der Waals surface area contributed by atoms with Crippen molar-refractivity contribution >= 4 is 16.9 Å². The van der Waals surface area contributed by atoms with Crippen LogP contribution < -0.4 is 5.32 Å². The van der Waals surface area contributed by atoms with Gasteiger partial charge in [-0.3, -0.25) is 0 Å². The highest BCUT2D eigenvalue weighted by Gasteiger charge is 2.34. The van der Waals surface area contributed by atoms with Gasteiger partial charge in [0.05, 0.1) is 0 Å². The van der Waals surface area contributed by atoms with Crippen LogP contribution in [0.2, 0.25) is 0 Å². The topological polar surface area (TPSA) is 32.3 Å². The Morgan fingerprint density at radius 3 is 2.68 bits per heavy atom. The quantitative estimate of drug-likeness (QED) is 0.777. The fourth-order valence-corrected chi connectivity index (χ4v) is 4.76. The molecular weight excluding hydrogens is 290 g/mol. The van der Waals surface area contributed by atoms with Crippen LogP contribution in [0.25, 0.3) is 5.57 Å². The SMILES string of the molecule is CC1(O)Cc2ccccc2C(=C2CCNCC2)c2ccsc21. The summed E-state index contributed by atoms with van der Waals surface area (Å²) in [6.07, 6.45) is 2.88. The minimum atomic E-state index is -0.783. The number of hydrogen-bond acceptors (Lipinski definition) is 3. The van der Waals surface area contributed by atoms with Crippen molar-refractivity contribution in [1.29, 1.82) is 0 Å². The van der Waals surface area contributed by atoms with Gasteiger partial charge in [0, 0.05) is 11.3 Å². The third-order valence-corrected chi connectivity index (χ3v) is 5.97. The second-order valence-corrected chi connectivity index (χ2v) is 7.42. The molecule has 3 heteroatoms. The van der Waals surface area contributed by atoms with Crippen LogP contribution in [0.1, 0.15) is 41.3 Å². The van der Waals surface area contributed by atoms with Crippen molar-refractivity contribution < 1.29 is 5.11 Å². The van der Waals surface area contributed by atoms with Gasteiger partial charge in [0.2, 0.25) is 0 Å². The second-order valence-electron chi connectivity index (χ2n) is 6.50. The summed E-state index contributed by atoms with van der Waals surface area (Å²) in [6, 6.07) is 10.8. The lowest BCUT2D eigenvalue weighted by Gasteiger charge is -2.22. The molecule has 2 aromatic rings. The van der Waals surface area contributed by atoms with E-state index in [1.54, 1.807) is 11.3 Å². The lowest BCUT2D eigenvalue weighted by atomic mass is 9.88. The van der Waals surface area contributed by atoms with Gasteiger partial charge in [0.25, 0.3) is 0 Å². The normalized spacial score (nSPS) is 24.6. The lowest BCUT2D eigenvalue weighted by molar-refractivity contribution is 0.0618. The van der Waals surface area contributed by atoms with Crippen molar-refractivity contribution in [3.8, 4) is 0 Å². The van der Waals surface area contributed by atoms with Gasteiger partial charge in [-0.2, -0.15) is 0 Å². The molecule has 114 valence electrons. The summed E-state index contributed by atoms with van der Waals surface area (Å²) in [5, 5.41) is 16.6. The Hall–Kier alpha value is -1.42. The first-order valence-corrected chi connectivity index (χ1v) is 8.86. The van der Waals surface area contributed by atoms with Crippen LogP contribution in [0.3, 0.4) is 0 Å². The molecule has 1 fully saturated rings. The molecule has 4 rings (SSSR count). The molecule has 2 nitrogen and oxygen atoms in total. The molecule has 1 aliphatic carbocycles. The van der Waals surface area contributed by atoms with Crippen molar-refractivity contribution in [1.82, 2.24) is 5.32 Å². The summed E-state index contributed by atoms with van der Waals surface area (Å²) < 4.78 is 0. The van der Waals surface area contributed by atoms with Gasteiger partial charge < -0.3 is 10.4 Å². The maximum absolute atomic E-state index is 11.0. The van der Waals surface area contributed by atoms with E-state index in [0.717, 1.165) is 30.8 Å². The van der Waals surface area contributed by atoms with Gasteiger partial charge in [0.15, 0.2) is 0 Å². The molecule has 0 spiro atoms. The molecule has 0 bridgehead atoms. The molecular formula is C19H21NOS. The van der Waals surface area contributed by atoms with Crippen molar-refractivity contribution in [2.45, 2.75) is 31.8 Å². The van der Waals surface area contributed by atoms with Crippen molar-refractivity contribution in [2.75, 3.05) is 13.1 Å². The molecule has 1 unspecified atom stereocenters. The predicted octanol–water partition coefficient (Wildman–Crippen LogP) is 3.70. The van der Waals surface area contributed by atoms with Crippen LogP contribution in [0.4, 0.5) is 0 Å². The van der Waals surface area contributed by atoms with E-state index in [1.165, 1.54) is 27.8 Å². The Labute approximate surface area is 135 Å². The maximum atomic E-state index is 11.0. The van der Waals surface area contributed by atoms with Crippen molar-refractivity contribution in [3.63, 3.8) is 0 Å². The van der Waals surface area contributed by atoms with E-state index in [0.29, 0.717) is 6.42 Å². The number of fused-ring (bicyclic) bond motifs is 2. The van der Waals surface area contributed by atoms with Gasteiger partial charge in [-0.1, -0.05) is 29.8 Å². The van der Waals surface area contributed by atoms with Gasteiger partial charge >= 0.3 is 0 Å². The number of nitrogens with one attached hydrogen (secondary N) is 1. The molecule has 1 aromatic heterocycles. The summed E-state index contributed by atoms with van der Waals surface area (Å²) >= 11 is 1.68. The molecule has 1 aliphatic heterocycles. The zero-order chi connectivity index (χ0) is 15.2.